The van der Waals surface area contributed by atoms with Crippen molar-refractivity contribution in [1.29, 1.82) is 0 Å². The molecule has 0 heterocycles. The van der Waals surface area contributed by atoms with Crippen molar-refractivity contribution in [2.45, 2.75) is 77.4 Å². The van der Waals surface area contributed by atoms with Crippen LogP contribution in [0.3, 0.4) is 0 Å². The van der Waals surface area contributed by atoms with E-state index in [9.17, 15) is 5.11 Å². The van der Waals surface area contributed by atoms with Crippen LogP contribution in [0.1, 0.15) is 65.7 Å². The van der Waals surface area contributed by atoms with Gasteiger partial charge >= 0.3 is 0 Å². The molecular formula is C15H29NO. The normalized spacial score (nSPS) is 35.6. The Morgan fingerprint density at radius 1 is 1.12 bits per heavy atom. The molecule has 0 radical (unpaired) electrons. The Bertz CT molecular complexity index is 254. The standard InChI is InChI=1S/C15H29NO/c1-14(2,3)12-5-4-9-15(17,10-8-12)11-16-13-6-7-13/h12-13,16-17H,4-11H2,1-3H3. The summed E-state index contributed by atoms with van der Waals surface area (Å²) in [7, 11) is 0. The molecule has 2 aliphatic rings. The smallest absolute Gasteiger partial charge is 0.0771 e. The van der Waals surface area contributed by atoms with Crippen molar-refractivity contribution in [2.75, 3.05) is 6.54 Å². The second-order valence-corrected chi connectivity index (χ2v) is 7.37. The molecule has 2 N–H and O–H groups in total. The van der Waals surface area contributed by atoms with Crippen LogP contribution in [0.4, 0.5) is 0 Å². The third-order valence-corrected chi connectivity index (χ3v) is 4.67. The zero-order valence-corrected chi connectivity index (χ0v) is 11.8. The van der Waals surface area contributed by atoms with Gasteiger partial charge in [0.1, 0.15) is 0 Å². The topological polar surface area (TPSA) is 32.3 Å². The minimum absolute atomic E-state index is 0.398. The molecule has 100 valence electrons. The Kier molecular flexibility index (Phi) is 3.84. The molecule has 2 atom stereocenters. The van der Waals surface area contributed by atoms with Gasteiger partial charge in [-0.2, -0.15) is 0 Å². The predicted molar refractivity (Wildman–Crippen MR) is 72.0 cm³/mol. The van der Waals surface area contributed by atoms with E-state index in [4.69, 9.17) is 0 Å². The first-order valence-electron chi connectivity index (χ1n) is 7.35. The van der Waals surface area contributed by atoms with E-state index in [-0.39, 0.29) is 0 Å². The van der Waals surface area contributed by atoms with E-state index in [0.717, 1.165) is 25.3 Å². The zero-order valence-electron chi connectivity index (χ0n) is 11.8. The van der Waals surface area contributed by atoms with Gasteiger partial charge in [0, 0.05) is 12.6 Å². The Morgan fingerprint density at radius 3 is 2.41 bits per heavy atom. The van der Waals surface area contributed by atoms with Crippen LogP contribution in [0.25, 0.3) is 0 Å². The monoisotopic (exact) mass is 239 g/mol. The Hall–Kier alpha value is -0.0800. The number of aliphatic hydroxyl groups is 1. The van der Waals surface area contributed by atoms with Gasteiger partial charge in [-0.3, -0.25) is 0 Å². The largest absolute Gasteiger partial charge is 0.389 e. The van der Waals surface area contributed by atoms with E-state index < -0.39 is 5.60 Å². The molecule has 0 aromatic carbocycles. The van der Waals surface area contributed by atoms with E-state index in [2.05, 4.69) is 26.1 Å². The van der Waals surface area contributed by atoms with E-state index in [1.807, 2.05) is 0 Å². The van der Waals surface area contributed by atoms with Crippen molar-refractivity contribution in [1.82, 2.24) is 5.32 Å². The molecule has 2 nitrogen and oxygen atoms in total. The highest BCUT2D eigenvalue weighted by Gasteiger charge is 2.35. The first-order valence-corrected chi connectivity index (χ1v) is 7.35. The maximum absolute atomic E-state index is 10.6. The predicted octanol–water partition coefficient (Wildman–Crippen LogP) is 3.10. The third-order valence-electron chi connectivity index (χ3n) is 4.67. The zero-order chi connectivity index (χ0) is 12.5. The molecule has 0 spiro atoms. The van der Waals surface area contributed by atoms with E-state index >= 15 is 0 Å². The average molecular weight is 239 g/mol. The third kappa shape index (κ3) is 3.96. The second-order valence-electron chi connectivity index (χ2n) is 7.37. The van der Waals surface area contributed by atoms with E-state index in [1.165, 1.54) is 32.1 Å². The minimum atomic E-state index is -0.428. The summed E-state index contributed by atoms with van der Waals surface area (Å²) < 4.78 is 0. The van der Waals surface area contributed by atoms with Crippen molar-refractivity contribution in [2.24, 2.45) is 11.3 Å². The van der Waals surface area contributed by atoms with E-state index in [1.54, 1.807) is 0 Å². The second kappa shape index (κ2) is 4.89. The quantitative estimate of drug-likeness (QED) is 0.742. The number of nitrogens with one attached hydrogen (secondary N) is 1. The van der Waals surface area contributed by atoms with Crippen molar-refractivity contribution < 1.29 is 5.11 Å². The number of hydrogen-bond acceptors (Lipinski definition) is 2. The van der Waals surface area contributed by atoms with Crippen LogP contribution in [0.2, 0.25) is 0 Å². The molecule has 0 aromatic rings. The van der Waals surface area contributed by atoms with Crippen molar-refractivity contribution in [3.8, 4) is 0 Å². The van der Waals surface area contributed by atoms with Crippen molar-refractivity contribution in [3.63, 3.8) is 0 Å². The number of hydrogen-bond donors (Lipinski definition) is 2. The van der Waals surface area contributed by atoms with Crippen LogP contribution in [0.5, 0.6) is 0 Å². The molecule has 0 saturated heterocycles. The Balaban J connectivity index is 1.84. The summed E-state index contributed by atoms with van der Waals surface area (Å²) in [5, 5.41) is 14.1. The molecule has 2 saturated carbocycles. The first kappa shape index (κ1) is 13.4. The minimum Gasteiger partial charge on any atom is -0.389 e. The lowest BCUT2D eigenvalue weighted by Gasteiger charge is -2.31. The summed E-state index contributed by atoms with van der Waals surface area (Å²) in [5.41, 5.74) is -0.0300. The van der Waals surface area contributed by atoms with Gasteiger partial charge in [0.2, 0.25) is 0 Å². The van der Waals surface area contributed by atoms with Gasteiger partial charge in [-0.15, -0.1) is 0 Å². The highest BCUT2D eigenvalue weighted by atomic mass is 16.3. The molecule has 2 aliphatic carbocycles. The highest BCUT2D eigenvalue weighted by Crippen LogP contribution is 2.39. The van der Waals surface area contributed by atoms with Gasteiger partial charge in [-0.05, 0) is 49.9 Å². The summed E-state index contributed by atoms with van der Waals surface area (Å²) in [6.07, 6.45) is 8.24. The molecule has 2 rings (SSSR count). The number of rotatable bonds is 3. The van der Waals surface area contributed by atoms with Crippen LogP contribution in [0.15, 0.2) is 0 Å². The summed E-state index contributed by atoms with van der Waals surface area (Å²) in [6, 6.07) is 0.709. The molecule has 0 aliphatic heterocycles. The van der Waals surface area contributed by atoms with Crippen LogP contribution in [0, 0.1) is 11.3 Å². The highest BCUT2D eigenvalue weighted by molar-refractivity contribution is 4.91. The van der Waals surface area contributed by atoms with Gasteiger partial charge in [0.15, 0.2) is 0 Å². The molecule has 2 unspecified atom stereocenters. The summed E-state index contributed by atoms with van der Waals surface area (Å²) in [5.74, 6) is 0.775. The fraction of sp³-hybridized carbons (Fsp3) is 1.00. The van der Waals surface area contributed by atoms with Crippen LogP contribution in [-0.4, -0.2) is 23.3 Å². The molecule has 2 fully saturated rings. The molecule has 0 aromatic heterocycles. The average Bonchev–Trinajstić information content (AvgIpc) is 3.00. The summed E-state index contributed by atoms with van der Waals surface area (Å²) in [4.78, 5) is 0. The molecule has 2 heteroatoms. The maximum Gasteiger partial charge on any atom is 0.0771 e. The van der Waals surface area contributed by atoms with Crippen LogP contribution < -0.4 is 5.32 Å². The summed E-state index contributed by atoms with van der Waals surface area (Å²) in [6.45, 7) is 7.83. The van der Waals surface area contributed by atoms with Gasteiger partial charge in [-0.1, -0.05) is 27.2 Å². The fourth-order valence-electron chi connectivity index (χ4n) is 3.05. The molecule has 0 amide bonds. The lowest BCUT2D eigenvalue weighted by Crippen LogP contribution is -2.41. The maximum atomic E-state index is 10.6. The van der Waals surface area contributed by atoms with Gasteiger partial charge in [0.05, 0.1) is 5.60 Å². The van der Waals surface area contributed by atoms with Gasteiger partial charge < -0.3 is 10.4 Å². The summed E-state index contributed by atoms with van der Waals surface area (Å²) >= 11 is 0. The van der Waals surface area contributed by atoms with Gasteiger partial charge in [0.25, 0.3) is 0 Å². The van der Waals surface area contributed by atoms with Gasteiger partial charge in [-0.25, -0.2) is 0 Å². The SMILES string of the molecule is CC(C)(C)C1CCCC(O)(CNC2CC2)CC1. The van der Waals surface area contributed by atoms with Crippen molar-refractivity contribution in [3.05, 3.63) is 0 Å². The van der Waals surface area contributed by atoms with Crippen LogP contribution >= 0.6 is 0 Å². The van der Waals surface area contributed by atoms with Crippen molar-refractivity contribution >= 4 is 0 Å². The lowest BCUT2D eigenvalue weighted by molar-refractivity contribution is 0.0223. The van der Waals surface area contributed by atoms with E-state index in [0.29, 0.717) is 11.5 Å². The fourth-order valence-corrected chi connectivity index (χ4v) is 3.05. The molecule has 0 bridgehead atoms. The molecular weight excluding hydrogens is 210 g/mol. The first-order chi connectivity index (χ1) is 7.89. The van der Waals surface area contributed by atoms with Crippen LogP contribution in [-0.2, 0) is 0 Å². The lowest BCUT2D eigenvalue weighted by atomic mass is 9.76. The Morgan fingerprint density at radius 2 is 1.82 bits per heavy atom. The Labute approximate surface area is 106 Å². The molecule has 17 heavy (non-hydrogen) atoms.